The number of amides is 1. The number of rotatable bonds is 4. The summed E-state index contributed by atoms with van der Waals surface area (Å²) < 4.78 is 16.6. The van der Waals surface area contributed by atoms with Gasteiger partial charge in [-0.05, 0) is 36.6 Å². The fraction of sp³-hybridized carbons (Fsp3) is 0.318. The largest absolute Gasteiger partial charge is 0.465 e. The first-order valence-corrected chi connectivity index (χ1v) is 10.7. The van der Waals surface area contributed by atoms with E-state index in [-0.39, 0.29) is 40.5 Å². The zero-order valence-corrected chi connectivity index (χ0v) is 18.8. The normalized spacial score (nSPS) is 15.7. The van der Waals surface area contributed by atoms with Crippen LogP contribution in [0.25, 0.3) is 11.0 Å². The second-order valence-corrected chi connectivity index (χ2v) is 8.38. The van der Waals surface area contributed by atoms with Crippen LogP contribution in [0.2, 0.25) is 5.02 Å². The van der Waals surface area contributed by atoms with E-state index in [1.54, 1.807) is 4.57 Å². The lowest BCUT2D eigenvalue weighted by molar-refractivity contribution is 0.188. The maximum atomic E-state index is 14.0. The van der Waals surface area contributed by atoms with E-state index in [2.05, 4.69) is 16.4 Å². The molecule has 4 rings (SSSR count). The summed E-state index contributed by atoms with van der Waals surface area (Å²) in [4.78, 5) is 30.5. The topological polar surface area (TPSA) is 140 Å². The summed E-state index contributed by atoms with van der Waals surface area (Å²) >= 11 is 6.30. The number of aromatic nitrogens is 3. The number of nitriles is 2. The van der Waals surface area contributed by atoms with Crippen LogP contribution in [0.5, 0.6) is 0 Å². The van der Waals surface area contributed by atoms with Crippen molar-refractivity contribution in [2.75, 3.05) is 18.0 Å². The van der Waals surface area contributed by atoms with Gasteiger partial charge in [0.2, 0.25) is 5.82 Å². The number of anilines is 1. The van der Waals surface area contributed by atoms with Crippen LogP contribution < -0.4 is 15.8 Å². The van der Waals surface area contributed by atoms with Gasteiger partial charge in [0.1, 0.15) is 40.4 Å². The number of halogens is 2. The summed E-state index contributed by atoms with van der Waals surface area (Å²) in [7, 11) is 1.40. The van der Waals surface area contributed by atoms with Crippen molar-refractivity contribution in [1.29, 1.82) is 10.5 Å². The number of hydrogen-bond acceptors (Lipinski definition) is 6. The first-order valence-electron chi connectivity index (χ1n) is 10.4. The fourth-order valence-electron chi connectivity index (χ4n) is 4.34. The van der Waals surface area contributed by atoms with Gasteiger partial charge in [0.05, 0.1) is 6.54 Å². The molecule has 0 saturated carbocycles. The molecule has 3 aromatic rings. The summed E-state index contributed by atoms with van der Waals surface area (Å²) in [5.41, 5.74) is 0.0365. The molecule has 0 radical (unpaired) electrons. The number of carboxylic acid groups (broad SMARTS) is 1. The van der Waals surface area contributed by atoms with Gasteiger partial charge in [0, 0.05) is 31.2 Å². The number of piperidine rings is 1. The lowest BCUT2D eigenvalue weighted by atomic mass is 10.1. The van der Waals surface area contributed by atoms with Crippen LogP contribution in [0.3, 0.4) is 0 Å². The third-order valence-electron chi connectivity index (χ3n) is 5.85. The Morgan fingerprint density at radius 3 is 2.82 bits per heavy atom. The monoisotopic (exact) mass is 483 g/mol. The highest BCUT2D eigenvalue weighted by molar-refractivity contribution is 6.31. The van der Waals surface area contributed by atoms with E-state index in [0.29, 0.717) is 30.8 Å². The standard InChI is InChI=1S/C22H19ClFN7O3/c1-29-17(9-26)28-18-15(8-25)20(30-6-2-3-14(11-30)27-22(33)34)31(19(18)21(29)32)10-12-7-13(24)4-5-16(12)23/h4-5,7,14,27H,2-3,6,10-11H2,1H3,(H,33,34)/t14-/m1/s1. The first-order chi connectivity index (χ1) is 16.2. The van der Waals surface area contributed by atoms with E-state index in [0.717, 1.165) is 4.57 Å². The molecule has 0 bridgehead atoms. The van der Waals surface area contributed by atoms with Gasteiger partial charge in [0.25, 0.3) is 5.56 Å². The molecule has 0 spiro atoms. The number of fused-ring (bicyclic) bond motifs is 1. The Kier molecular flexibility index (Phi) is 6.14. The van der Waals surface area contributed by atoms with Crippen LogP contribution in [-0.4, -0.2) is 44.4 Å². The minimum Gasteiger partial charge on any atom is -0.465 e. The van der Waals surface area contributed by atoms with Gasteiger partial charge in [-0.3, -0.25) is 9.36 Å². The molecular weight excluding hydrogens is 465 g/mol. The van der Waals surface area contributed by atoms with Gasteiger partial charge in [-0.25, -0.2) is 14.2 Å². The molecule has 12 heteroatoms. The predicted molar refractivity (Wildman–Crippen MR) is 121 cm³/mol. The molecule has 10 nitrogen and oxygen atoms in total. The molecule has 1 aromatic carbocycles. The molecule has 1 fully saturated rings. The highest BCUT2D eigenvalue weighted by Crippen LogP contribution is 2.33. The molecule has 174 valence electrons. The van der Waals surface area contributed by atoms with Crippen molar-refractivity contribution in [2.45, 2.75) is 25.4 Å². The van der Waals surface area contributed by atoms with Crippen molar-refractivity contribution in [2.24, 2.45) is 7.05 Å². The van der Waals surface area contributed by atoms with E-state index < -0.39 is 23.5 Å². The SMILES string of the molecule is Cn1c(C#N)nc2c(C#N)c(N3CCC[C@@H](NC(=O)O)C3)n(Cc3cc(F)ccc3Cl)c2c1=O. The summed E-state index contributed by atoms with van der Waals surface area (Å²) in [5.74, 6) is -0.334. The Bertz CT molecular complexity index is 1450. The zero-order chi connectivity index (χ0) is 24.6. The Labute approximate surface area is 198 Å². The Morgan fingerprint density at radius 2 is 2.15 bits per heavy atom. The lowest BCUT2D eigenvalue weighted by Crippen LogP contribution is -2.48. The molecule has 1 aliphatic rings. The summed E-state index contributed by atoms with van der Waals surface area (Å²) in [6.45, 7) is 0.700. The molecule has 2 N–H and O–H groups in total. The zero-order valence-electron chi connectivity index (χ0n) is 18.0. The minimum absolute atomic E-state index is 0.0412. The molecule has 1 atom stereocenters. The van der Waals surface area contributed by atoms with Crippen molar-refractivity contribution >= 4 is 34.5 Å². The van der Waals surface area contributed by atoms with Gasteiger partial charge in [-0.15, -0.1) is 0 Å². The number of nitrogens with one attached hydrogen (secondary N) is 1. The van der Waals surface area contributed by atoms with Crippen LogP contribution in [0.15, 0.2) is 23.0 Å². The number of benzene rings is 1. The first kappa shape index (κ1) is 23.1. The highest BCUT2D eigenvalue weighted by Gasteiger charge is 2.30. The lowest BCUT2D eigenvalue weighted by Gasteiger charge is -2.35. The summed E-state index contributed by atoms with van der Waals surface area (Å²) in [6.07, 6.45) is 0.0836. The number of nitrogens with zero attached hydrogens (tertiary/aromatic N) is 6. The van der Waals surface area contributed by atoms with Gasteiger partial charge < -0.3 is 19.9 Å². The molecule has 0 unspecified atom stereocenters. The average Bonchev–Trinajstić information content (AvgIpc) is 3.11. The molecule has 2 aromatic heterocycles. The van der Waals surface area contributed by atoms with Crippen LogP contribution in [0.1, 0.15) is 29.8 Å². The van der Waals surface area contributed by atoms with Crippen molar-refractivity contribution in [1.82, 2.24) is 19.4 Å². The second kappa shape index (κ2) is 9.04. The molecule has 34 heavy (non-hydrogen) atoms. The molecular formula is C22H19ClFN7O3. The molecule has 0 aliphatic carbocycles. The van der Waals surface area contributed by atoms with Gasteiger partial charge in [-0.1, -0.05) is 11.6 Å². The van der Waals surface area contributed by atoms with Crippen LogP contribution in [-0.2, 0) is 13.6 Å². The van der Waals surface area contributed by atoms with Crippen LogP contribution in [0.4, 0.5) is 15.0 Å². The van der Waals surface area contributed by atoms with E-state index in [9.17, 15) is 24.5 Å². The number of hydrogen-bond donors (Lipinski definition) is 2. The Hall–Kier alpha value is -4.09. The smallest absolute Gasteiger partial charge is 0.404 e. The van der Waals surface area contributed by atoms with Crippen molar-refractivity contribution in [3.63, 3.8) is 0 Å². The minimum atomic E-state index is -1.16. The maximum Gasteiger partial charge on any atom is 0.404 e. The van der Waals surface area contributed by atoms with Gasteiger partial charge in [-0.2, -0.15) is 10.5 Å². The fourth-order valence-corrected chi connectivity index (χ4v) is 4.51. The molecule has 1 saturated heterocycles. The van der Waals surface area contributed by atoms with Gasteiger partial charge >= 0.3 is 6.09 Å². The third kappa shape index (κ3) is 4.02. The Morgan fingerprint density at radius 1 is 1.38 bits per heavy atom. The molecule has 3 heterocycles. The third-order valence-corrected chi connectivity index (χ3v) is 6.22. The van der Waals surface area contributed by atoms with Gasteiger partial charge in [0.15, 0.2) is 0 Å². The Balaban J connectivity index is 1.99. The van der Waals surface area contributed by atoms with E-state index in [4.69, 9.17) is 16.7 Å². The van der Waals surface area contributed by atoms with Crippen LogP contribution in [0, 0.1) is 28.5 Å². The molecule has 1 aliphatic heterocycles. The highest BCUT2D eigenvalue weighted by atomic mass is 35.5. The van der Waals surface area contributed by atoms with Crippen LogP contribution >= 0.6 is 11.6 Å². The van der Waals surface area contributed by atoms with Crippen molar-refractivity contribution in [3.05, 3.63) is 56.3 Å². The second-order valence-electron chi connectivity index (χ2n) is 7.98. The quantitative estimate of drug-likeness (QED) is 0.581. The van der Waals surface area contributed by atoms with E-state index in [1.807, 2.05) is 11.0 Å². The van der Waals surface area contributed by atoms with E-state index in [1.165, 1.54) is 25.2 Å². The molecule has 1 amide bonds. The predicted octanol–water partition coefficient (Wildman–Crippen LogP) is 2.56. The number of carbonyl (C=O) groups is 1. The van der Waals surface area contributed by atoms with Crippen molar-refractivity contribution < 1.29 is 14.3 Å². The van der Waals surface area contributed by atoms with E-state index >= 15 is 0 Å². The average molecular weight is 484 g/mol. The summed E-state index contributed by atoms with van der Waals surface area (Å²) in [6, 6.07) is 7.42. The maximum absolute atomic E-state index is 14.0. The summed E-state index contributed by atoms with van der Waals surface area (Å²) in [5, 5.41) is 31.3. The van der Waals surface area contributed by atoms with Crippen molar-refractivity contribution in [3.8, 4) is 12.1 Å².